The molecule has 1 aromatic rings. The molecule has 1 aromatic carbocycles. The second kappa shape index (κ2) is 7.70. The van der Waals surface area contributed by atoms with Gasteiger partial charge in [0, 0.05) is 13.7 Å². The maximum absolute atomic E-state index is 6.35. The van der Waals surface area contributed by atoms with Crippen LogP contribution in [0.1, 0.15) is 37.1 Å². The average molecular weight is 241 g/mol. The second-order valence-corrected chi connectivity index (χ2v) is 4.87. The zero-order valence-electron chi connectivity index (χ0n) is 10.2. The fourth-order valence-corrected chi connectivity index (χ4v) is 1.99. The first kappa shape index (κ1) is 13.5. The first-order valence-corrected chi connectivity index (χ1v) is 6.35. The molecule has 0 aliphatic heterocycles. The van der Waals surface area contributed by atoms with Crippen LogP contribution in [0.4, 0.5) is 0 Å². The molecule has 2 atom stereocenters. The van der Waals surface area contributed by atoms with Gasteiger partial charge in [-0.25, -0.2) is 0 Å². The lowest BCUT2D eigenvalue weighted by molar-refractivity contribution is 0.178. The lowest BCUT2D eigenvalue weighted by Crippen LogP contribution is -2.02. The van der Waals surface area contributed by atoms with Crippen molar-refractivity contribution in [3.8, 4) is 0 Å². The summed E-state index contributed by atoms with van der Waals surface area (Å²) in [6.07, 6.45) is 3.32. The number of alkyl halides is 1. The van der Waals surface area contributed by atoms with Crippen molar-refractivity contribution >= 4 is 11.6 Å². The van der Waals surface area contributed by atoms with Crippen molar-refractivity contribution < 1.29 is 4.74 Å². The van der Waals surface area contributed by atoms with E-state index in [0.29, 0.717) is 5.92 Å². The maximum Gasteiger partial charge on any atom is 0.0585 e. The van der Waals surface area contributed by atoms with Crippen LogP contribution in [0.3, 0.4) is 0 Å². The lowest BCUT2D eigenvalue weighted by Gasteiger charge is -2.14. The first-order valence-electron chi connectivity index (χ1n) is 5.92. The monoisotopic (exact) mass is 240 g/mol. The van der Waals surface area contributed by atoms with Crippen LogP contribution < -0.4 is 0 Å². The highest BCUT2D eigenvalue weighted by molar-refractivity contribution is 6.20. The minimum atomic E-state index is 0.145. The van der Waals surface area contributed by atoms with Crippen LogP contribution in [0.25, 0.3) is 0 Å². The molecule has 0 N–H and O–H groups in total. The number of ether oxygens (including phenoxy) is 1. The summed E-state index contributed by atoms with van der Waals surface area (Å²) >= 11 is 6.35. The van der Waals surface area contributed by atoms with Crippen molar-refractivity contribution in [3.63, 3.8) is 0 Å². The van der Waals surface area contributed by atoms with Crippen molar-refractivity contribution in [1.82, 2.24) is 0 Å². The van der Waals surface area contributed by atoms with Crippen molar-refractivity contribution in [1.29, 1.82) is 0 Å². The summed E-state index contributed by atoms with van der Waals surface area (Å²) in [6.45, 7) is 3.10. The van der Waals surface area contributed by atoms with Crippen LogP contribution in [-0.4, -0.2) is 13.7 Å². The van der Waals surface area contributed by atoms with E-state index in [2.05, 4.69) is 19.1 Å². The van der Waals surface area contributed by atoms with Crippen LogP contribution in [-0.2, 0) is 4.74 Å². The highest BCUT2D eigenvalue weighted by atomic mass is 35.5. The smallest absolute Gasteiger partial charge is 0.0585 e. The topological polar surface area (TPSA) is 9.23 Å². The van der Waals surface area contributed by atoms with Crippen LogP contribution >= 0.6 is 11.6 Å². The van der Waals surface area contributed by atoms with Gasteiger partial charge in [0.25, 0.3) is 0 Å². The summed E-state index contributed by atoms with van der Waals surface area (Å²) in [6, 6.07) is 10.3. The van der Waals surface area contributed by atoms with Gasteiger partial charge in [0.1, 0.15) is 0 Å². The summed E-state index contributed by atoms with van der Waals surface area (Å²) in [5, 5.41) is 0.145. The molecule has 0 heterocycles. The Bertz CT molecular complexity index is 273. The normalized spacial score (nSPS) is 14.7. The molecule has 16 heavy (non-hydrogen) atoms. The largest absolute Gasteiger partial charge is 0.385 e. The van der Waals surface area contributed by atoms with E-state index in [9.17, 15) is 0 Å². The lowest BCUT2D eigenvalue weighted by atomic mass is 9.98. The minimum absolute atomic E-state index is 0.145. The fraction of sp³-hybridized carbons (Fsp3) is 0.571. The van der Waals surface area contributed by atoms with Gasteiger partial charge in [-0.1, -0.05) is 37.3 Å². The van der Waals surface area contributed by atoms with Gasteiger partial charge in [-0.05, 0) is 30.7 Å². The quantitative estimate of drug-likeness (QED) is 0.641. The number of hydrogen-bond acceptors (Lipinski definition) is 1. The molecule has 0 radical (unpaired) electrons. The zero-order chi connectivity index (χ0) is 11.8. The number of hydrogen-bond donors (Lipinski definition) is 0. The van der Waals surface area contributed by atoms with E-state index in [-0.39, 0.29) is 5.38 Å². The summed E-state index contributed by atoms with van der Waals surface area (Å²) in [5.74, 6) is 0.685. The molecular formula is C14H21ClO. The van der Waals surface area contributed by atoms with Crippen LogP contribution in [0.2, 0.25) is 0 Å². The van der Waals surface area contributed by atoms with Crippen molar-refractivity contribution in [2.45, 2.75) is 31.6 Å². The van der Waals surface area contributed by atoms with E-state index >= 15 is 0 Å². The third-order valence-electron chi connectivity index (χ3n) is 2.89. The molecular weight excluding hydrogens is 220 g/mol. The first-order chi connectivity index (χ1) is 7.74. The molecule has 0 bridgehead atoms. The summed E-state index contributed by atoms with van der Waals surface area (Å²) < 4.78 is 5.07. The molecule has 1 nitrogen and oxygen atoms in total. The molecule has 2 heteroatoms. The predicted molar refractivity (Wildman–Crippen MR) is 69.9 cm³/mol. The van der Waals surface area contributed by atoms with E-state index in [1.165, 1.54) is 5.56 Å². The Hall–Kier alpha value is -0.530. The Kier molecular flexibility index (Phi) is 6.51. The summed E-state index contributed by atoms with van der Waals surface area (Å²) in [7, 11) is 1.75. The second-order valence-electron chi connectivity index (χ2n) is 4.34. The molecule has 0 saturated heterocycles. The Morgan fingerprint density at radius 1 is 1.12 bits per heavy atom. The average Bonchev–Trinajstić information content (AvgIpc) is 2.34. The van der Waals surface area contributed by atoms with Crippen molar-refractivity contribution in [2.24, 2.45) is 5.92 Å². The van der Waals surface area contributed by atoms with Gasteiger partial charge >= 0.3 is 0 Å². The standard InChI is InChI=1S/C14H21ClO/c1-12(10-11-16-2)8-9-14(15)13-6-4-3-5-7-13/h3-7,12,14H,8-11H2,1-2H3. The molecule has 0 aromatic heterocycles. The zero-order valence-corrected chi connectivity index (χ0v) is 10.9. The summed E-state index contributed by atoms with van der Waals surface area (Å²) in [4.78, 5) is 0. The third-order valence-corrected chi connectivity index (χ3v) is 3.36. The van der Waals surface area contributed by atoms with Crippen molar-refractivity contribution in [3.05, 3.63) is 35.9 Å². The number of halogens is 1. The molecule has 1 rings (SSSR count). The molecule has 0 spiro atoms. The summed E-state index contributed by atoms with van der Waals surface area (Å²) in [5.41, 5.74) is 1.23. The maximum atomic E-state index is 6.35. The van der Waals surface area contributed by atoms with Gasteiger partial charge in [0.2, 0.25) is 0 Å². The molecule has 2 unspecified atom stereocenters. The van der Waals surface area contributed by atoms with E-state index in [1.807, 2.05) is 18.2 Å². The fourth-order valence-electron chi connectivity index (χ4n) is 1.72. The van der Waals surface area contributed by atoms with E-state index in [4.69, 9.17) is 16.3 Å². The van der Waals surface area contributed by atoms with E-state index < -0.39 is 0 Å². The van der Waals surface area contributed by atoms with E-state index in [1.54, 1.807) is 7.11 Å². The number of methoxy groups -OCH3 is 1. The minimum Gasteiger partial charge on any atom is -0.385 e. The van der Waals surface area contributed by atoms with Gasteiger partial charge in [0.05, 0.1) is 5.38 Å². The van der Waals surface area contributed by atoms with Crippen molar-refractivity contribution in [2.75, 3.05) is 13.7 Å². The Labute approximate surface area is 104 Å². The number of rotatable bonds is 7. The molecule has 0 saturated carbocycles. The van der Waals surface area contributed by atoms with E-state index in [0.717, 1.165) is 25.9 Å². The Balaban J connectivity index is 2.27. The van der Waals surface area contributed by atoms with Crippen LogP contribution in [0.15, 0.2) is 30.3 Å². The highest BCUT2D eigenvalue weighted by Crippen LogP contribution is 2.27. The molecule has 0 aliphatic rings. The third kappa shape index (κ3) is 5.00. The van der Waals surface area contributed by atoms with Gasteiger partial charge in [-0.2, -0.15) is 0 Å². The highest BCUT2D eigenvalue weighted by Gasteiger charge is 2.09. The molecule has 90 valence electrons. The SMILES string of the molecule is COCCC(C)CCC(Cl)c1ccccc1. The van der Waals surface area contributed by atoms with Gasteiger partial charge in [-0.3, -0.25) is 0 Å². The molecule has 0 aliphatic carbocycles. The van der Waals surface area contributed by atoms with Crippen LogP contribution in [0.5, 0.6) is 0 Å². The molecule has 0 fully saturated rings. The van der Waals surface area contributed by atoms with Gasteiger partial charge in [0.15, 0.2) is 0 Å². The van der Waals surface area contributed by atoms with Gasteiger partial charge < -0.3 is 4.74 Å². The Morgan fingerprint density at radius 3 is 2.44 bits per heavy atom. The predicted octanol–water partition coefficient (Wildman–Crippen LogP) is 4.42. The van der Waals surface area contributed by atoms with Gasteiger partial charge in [-0.15, -0.1) is 11.6 Å². The Morgan fingerprint density at radius 2 is 1.81 bits per heavy atom. The molecule has 0 amide bonds. The van der Waals surface area contributed by atoms with Crippen LogP contribution in [0, 0.1) is 5.92 Å². The number of benzene rings is 1.